The van der Waals surface area contributed by atoms with E-state index >= 15 is 0 Å². The van der Waals surface area contributed by atoms with Crippen LogP contribution in [0.3, 0.4) is 0 Å². The van der Waals surface area contributed by atoms with E-state index in [0.717, 1.165) is 5.56 Å². The van der Waals surface area contributed by atoms with E-state index in [2.05, 4.69) is 0 Å². The van der Waals surface area contributed by atoms with Gasteiger partial charge in [0.25, 0.3) is 0 Å². The summed E-state index contributed by atoms with van der Waals surface area (Å²) in [6, 6.07) is 9.75. The van der Waals surface area contributed by atoms with Crippen LogP contribution < -0.4 is 0 Å². The number of rotatable bonds is 11. The molecule has 0 amide bonds. The van der Waals surface area contributed by atoms with Crippen molar-refractivity contribution in [1.82, 2.24) is 0 Å². The summed E-state index contributed by atoms with van der Waals surface area (Å²) in [4.78, 5) is 12.3. The molecule has 17 heteroatoms. The van der Waals surface area contributed by atoms with Gasteiger partial charge in [0, 0.05) is 6.92 Å². The van der Waals surface area contributed by atoms with Crippen molar-refractivity contribution in [2.45, 2.75) is 184 Å². The molecule has 7 aliphatic heterocycles. The molecular weight excluding hydrogens is 740 g/mol. The van der Waals surface area contributed by atoms with Gasteiger partial charge in [-0.15, -0.1) is 0 Å². The zero-order valence-corrected chi connectivity index (χ0v) is 33.4. The second-order valence-corrected chi connectivity index (χ2v) is 17.1. The minimum Gasteiger partial charge on any atom is -0.454 e. The summed E-state index contributed by atoms with van der Waals surface area (Å²) in [7, 11) is 0. The van der Waals surface area contributed by atoms with Gasteiger partial charge in [0.1, 0.15) is 67.1 Å². The number of benzene rings is 1. The fourth-order valence-corrected chi connectivity index (χ4v) is 8.69. The fourth-order valence-electron chi connectivity index (χ4n) is 8.69. The van der Waals surface area contributed by atoms with Crippen molar-refractivity contribution in [3.05, 3.63) is 35.9 Å². The first kappa shape index (κ1) is 40.9. The van der Waals surface area contributed by atoms with E-state index in [0.29, 0.717) is 0 Å². The largest absolute Gasteiger partial charge is 0.454 e. The Morgan fingerprint density at radius 3 is 1.64 bits per heavy atom. The van der Waals surface area contributed by atoms with Crippen molar-refractivity contribution in [3.63, 3.8) is 0 Å². The maximum atomic E-state index is 12.3. The van der Waals surface area contributed by atoms with Crippen molar-refractivity contribution < 1.29 is 81.0 Å². The van der Waals surface area contributed by atoms with Crippen molar-refractivity contribution >= 4 is 5.97 Å². The van der Waals surface area contributed by atoms with Gasteiger partial charge in [-0.1, -0.05) is 30.3 Å². The Balaban J connectivity index is 1.04. The molecule has 0 unspecified atom stereocenters. The number of aliphatic hydroxyl groups excluding tert-OH is 1. The lowest BCUT2D eigenvalue weighted by Gasteiger charge is -2.44. The second kappa shape index (κ2) is 15.3. The Kier molecular flexibility index (Phi) is 11.1. The van der Waals surface area contributed by atoms with Crippen LogP contribution in [0.15, 0.2) is 30.3 Å². The summed E-state index contributed by atoms with van der Waals surface area (Å²) < 4.78 is 94.7. The fraction of sp³-hybridized carbons (Fsp3) is 0.821. The van der Waals surface area contributed by atoms with Gasteiger partial charge in [0.2, 0.25) is 0 Å². The maximum absolute atomic E-state index is 12.3. The molecule has 17 nitrogen and oxygen atoms in total. The number of hydrogen-bond donors (Lipinski definition) is 1. The smallest absolute Gasteiger partial charge is 0.303 e. The van der Waals surface area contributed by atoms with E-state index in [1.54, 1.807) is 13.8 Å². The van der Waals surface area contributed by atoms with Gasteiger partial charge >= 0.3 is 5.97 Å². The lowest BCUT2D eigenvalue weighted by molar-refractivity contribution is -0.327. The molecule has 0 spiro atoms. The third kappa shape index (κ3) is 8.42. The highest BCUT2D eigenvalue weighted by Gasteiger charge is 2.62. The first-order chi connectivity index (χ1) is 26.4. The van der Waals surface area contributed by atoms with Crippen molar-refractivity contribution in [1.29, 1.82) is 0 Å². The molecular formula is C39H56O17. The Morgan fingerprint density at radius 1 is 0.571 bits per heavy atom. The zero-order valence-electron chi connectivity index (χ0n) is 33.4. The van der Waals surface area contributed by atoms with E-state index in [1.165, 1.54) is 6.92 Å². The van der Waals surface area contributed by atoms with Crippen LogP contribution in [0.5, 0.6) is 0 Å². The lowest BCUT2D eigenvalue weighted by atomic mass is 9.97. The molecule has 7 aliphatic rings. The lowest BCUT2D eigenvalue weighted by Crippen LogP contribution is -2.62. The monoisotopic (exact) mass is 796 g/mol. The van der Waals surface area contributed by atoms with Crippen LogP contribution in [0.2, 0.25) is 0 Å². The molecule has 7 fully saturated rings. The highest BCUT2D eigenvalue weighted by atomic mass is 16.9. The molecule has 1 N–H and O–H groups in total. The summed E-state index contributed by atoms with van der Waals surface area (Å²) in [5, 5.41) is 10.3. The quantitative estimate of drug-likeness (QED) is 0.323. The molecule has 0 radical (unpaired) electrons. The number of fused-ring (bicyclic) bond motifs is 5. The van der Waals surface area contributed by atoms with E-state index in [-0.39, 0.29) is 26.4 Å². The SMILES string of the molecule is CC(=O)O[C@H]1[C@H](OC[C@H]2O[C@@H](OC[C@H]3O[C@@H]4OC(C)(C)O[C@@H]4[C@H]4OC(C)(C)O[C@H]43)[C@H](OCc3ccccc3)[C@H]3OC(C)(C)O[C@H]32)O[C@H](CO)[C@@H]2OC(C)(C)O[C@@H]21. The summed E-state index contributed by atoms with van der Waals surface area (Å²) in [5.74, 6) is -4.37. The number of ether oxygens (including phenoxy) is 15. The van der Waals surface area contributed by atoms with E-state index in [9.17, 15) is 9.90 Å². The molecule has 7 saturated heterocycles. The Bertz CT molecular complexity index is 1540. The van der Waals surface area contributed by atoms with Gasteiger partial charge in [-0.05, 0) is 61.0 Å². The topological polar surface area (TPSA) is 176 Å². The molecule has 314 valence electrons. The van der Waals surface area contributed by atoms with Crippen LogP contribution >= 0.6 is 0 Å². The van der Waals surface area contributed by atoms with E-state index < -0.39 is 121 Å². The molecule has 15 atom stereocenters. The molecule has 56 heavy (non-hydrogen) atoms. The average molecular weight is 797 g/mol. The Labute approximate surface area is 326 Å². The van der Waals surface area contributed by atoms with Crippen LogP contribution in [0.25, 0.3) is 0 Å². The minimum atomic E-state index is -1.15. The predicted molar refractivity (Wildman–Crippen MR) is 187 cm³/mol. The normalized spacial score (nSPS) is 44.1. The highest BCUT2D eigenvalue weighted by molar-refractivity contribution is 5.66. The Hall–Kier alpha value is -1.91. The number of carbonyl (C=O) groups excluding carboxylic acids is 1. The van der Waals surface area contributed by atoms with Crippen LogP contribution in [-0.4, -0.2) is 146 Å². The van der Waals surface area contributed by atoms with Gasteiger partial charge in [-0.25, -0.2) is 0 Å². The first-order valence-corrected chi connectivity index (χ1v) is 19.5. The number of hydrogen-bond acceptors (Lipinski definition) is 17. The third-order valence-electron chi connectivity index (χ3n) is 10.7. The molecule has 0 aromatic heterocycles. The number of carbonyl (C=O) groups is 1. The predicted octanol–water partition coefficient (Wildman–Crippen LogP) is 2.42. The molecule has 0 bridgehead atoms. The summed E-state index contributed by atoms with van der Waals surface area (Å²) in [6.45, 7) is 15.5. The van der Waals surface area contributed by atoms with E-state index in [4.69, 9.17) is 71.1 Å². The van der Waals surface area contributed by atoms with Crippen LogP contribution in [0, 0.1) is 0 Å². The van der Waals surface area contributed by atoms with Gasteiger partial charge in [0.05, 0.1) is 26.4 Å². The van der Waals surface area contributed by atoms with E-state index in [1.807, 2.05) is 71.9 Å². The molecule has 7 heterocycles. The molecule has 0 aliphatic carbocycles. The zero-order chi connectivity index (χ0) is 39.8. The summed E-state index contributed by atoms with van der Waals surface area (Å²) in [6.07, 6.45) is -11.2. The van der Waals surface area contributed by atoms with Crippen molar-refractivity contribution in [3.8, 4) is 0 Å². The molecule has 0 saturated carbocycles. The van der Waals surface area contributed by atoms with Crippen molar-refractivity contribution in [2.75, 3.05) is 19.8 Å². The molecule has 1 aromatic rings. The first-order valence-electron chi connectivity index (χ1n) is 19.5. The number of esters is 1. The van der Waals surface area contributed by atoms with Crippen molar-refractivity contribution in [2.24, 2.45) is 0 Å². The second-order valence-electron chi connectivity index (χ2n) is 17.1. The summed E-state index contributed by atoms with van der Waals surface area (Å²) >= 11 is 0. The van der Waals surface area contributed by atoms with Crippen LogP contribution in [-0.2, 0) is 82.5 Å². The molecule has 1 aromatic carbocycles. The van der Waals surface area contributed by atoms with Gasteiger partial charge < -0.3 is 76.2 Å². The third-order valence-corrected chi connectivity index (χ3v) is 10.7. The highest BCUT2D eigenvalue weighted by Crippen LogP contribution is 2.46. The van der Waals surface area contributed by atoms with Gasteiger partial charge in [-0.2, -0.15) is 0 Å². The van der Waals surface area contributed by atoms with Crippen LogP contribution in [0.1, 0.15) is 67.9 Å². The van der Waals surface area contributed by atoms with Gasteiger partial charge in [0.15, 0.2) is 48.1 Å². The van der Waals surface area contributed by atoms with Crippen LogP contribution in [0.4, 0.5) is 0 Å². The Morgan fingerprint density at radius 2 is 1.04 bits per heavy atom. The maximum Gasteiger partial charge on any atom is 0.303 e. The average Bonchev–Trinajstić information content (AvgIpc) is 3.83. The minimum absolute atomic E-state index is 0.00727. The van der Waals surface area contributed by atoms with Gasteiger partial charge in [-0.3, -0.25) is 4.79 Å². The summed E-state index contributed by atoms with van der Waals surface area (Å²) in [5.41, 5.74) is 0.944. The molecule has 8 rings (SSSR count). The number of aliphatic hydroxyl groups is 1. The standard InChI is InChI=1S/C39H56O17/c1-19(41)45-31-28-24(49-36(2,3)53-28)21(15-40)46-34(31)44-17-22-25-27(52-37(4,5)50-25)30(42-16-20-13-11-10-12-14-20)33(47-22)43-18-23-26-29(54-38(6,7)51-26)32-35(48-23)56-39(8,9)55-32/h10-14,21-35,40H,15-18H2,1-9H3/t21-,22-,23-,24+,25+,26+,27+,28+,29+,30-,31-,32-,33-,34-,35-/m1/s1.